The van der Waals surface area contributed by atoms with Crippen LogP contribution in [-0.2, 0) is 4.79 Å². The van der Waals surface area contributed by atoms with Crippen LogP contribution in [0.3, 0.4) is 0 Å². The maximum absolute atomic E-state index is 12.9. The van der Waals surface area contributed by atoms with Gasteiger partial charge in [-0.25, -0.2) is 4.39 Å². The number of ether oxygens (including phenoxy) is 2. The van der Waals surface area contributed by atoms with E-state index >= 15 is 0 Å². The number of benzene rings is 2. The fraction of sp³-hybridized carbons (Fsp3) is 0.316. The fourth-order valence-electron chi connectivity index (χ4n) is 2.11. The summed E-state index contributed by atoms with van der Waals surface area (Å²) < 4.78 is 24.1. The van der Waals surface area contributed by atoms with Gasteiger partial charge in [0.2, 0.25) is 0 Å². The van der Waals surface area contributed by atoms with Crippen LogP contribution < -0.4 is 14.8 Å². The molecular weight excluding hydrogens is 309 g/mol. The van der Waals surface area contributed by atoms with Crippen LogP contribution in [0.25, 0.3) is 0 Å². The first kappa shape index (κ1) is 17.8. The van der Waals surface area contributed by atoms with Crippen LogP contribution in [0.5, 0.6) is 11.5 Å². The summed E-state index contributed by atoms with van der Waals surface area (Å²) >= 11 is 0. The van der Waals surface area contributed by atoms with E-state index in [2.05, 4.69) is 5.32 Å². The first-order valence-corrected chi connectivity index (χ1v) is 7.97. The van der Waals surface area contributed by atoms with E-state index < -0.39 is 6.10 Å². The normalized spacial score (nSPS) is 11.9. The van der Waals surface area contributed by atoms with Crippen molar-refractivity contribution in [1.82, 2.24) is 0 Å². The highest BCUT2D eigenvalue weighted by Crippen LogP contribution is 2.19. The van der Waals surface area contributed by atoms with Crippen LogP contribution in [0.2, 0.25) is 0 Å². The van der Waals surface area contributed by atoms with Gasteiger partial charge in [-0.15, -0.1) is 0 Å². The molecule has 2 aromatic carbocycles. The molecule has 0 fully saturated rings. The van der Waals surface area contributed by atoms with Gasteiger partial charge in [0.1, 0.15) is 17.3 Å². The summed E-state index contributed by atoms with van der Waals surface area (Å²) in [6.45, 7) is 5.76. The summed E-state index contributed by atoms with van der Waals surface area (Å²) in [7, 11) is 0. The van der Waals surface area contributed by atoms with Crippen LogP contribution >= 0.6 is 0 Å². The van der Waals surface area contributed by atoms with E-state index in [1.165, 1.54) is 24.3 Å². The largest absolute Gasteiger partial charge is 0.491 e. The van der Waals surface area contributed by atoms with Gasteiger partial charge in [-0.3, -0.25) is 4.79 Å². The summed E-state index contributed by atoms with van der Waals surface area (Å²) in [5.41, 5.74) is 0.664. The van der Waals surface area contributed by atoms with Gasteiger partial charge in [0.05, 0.1) is 6.10 Å². The highest BCUT2D eigenvalue weighted by atomic mass is 19.1. The third-order valence-electron chi connectivity index (χ3n) is 3.25. The highest BCUT2D eigenvalue weighted by Gasteiger charge is 2.18. The van der Waals surface area contributed by atoms with Crippen molar-refractivity contribution in [3.8, 4) is 11.5 Å². The molecule has 0 heterocycles. The smallest absolute Gasteiger partial charge is 0.265 e. The molecule has 0 aliphatic heterocycles. The lowest BCUT2D eigenvalue weighted by molar-refractivity contribution is -0.122. The zero-order chi connectivity index (χ0) is 17.5. The molecule has 2 aromatic rings. The Labute approximate surface area is 141 Å². The van der Waals surface area contributed by atoms with Crippen LogP contribution in [0, 0.1) is 5.82 Å². The molecule has 5 heteroatoms. The number of hydrogen-bond donors (Lipinski definition) is 1. The molecule has 128 valence electrons. The zero-order valence-electron chi connectivity index (χ0n) is 14.1. The minimum Gasteiger partial charge on any atom is -0.491 e. The van der Waals surface area contributed by atoms with Crippen LogP contribution in [0.4, 0.5) is 10.1 Å². The molecule has 0 aliphatic rings. The van der Waals surface area contributed by atoms with Gasteiger partial charge in [0, 0.05) is 5.69 Å². The standard InChI is InChI=1S/C19H22FNO3/c1-4-18(24-17-9-5-14(20)6-10-17)19(22)21-15-7-11-16(12-8-15)23-13(2)3/h5-13,18H,4H2,1-3H3,(H,21,22)/t18-/m1/s1. The van der Waals surface area contributed by atoms with Crippen molar-refractivity contribution >= 4 is 11.6 Å². The molecule has 1 N–H and O–H groups in total. The second-order valence-electron chi connectivity index (χ2n) is 5.65. The Morgan fingerprint density at radius 2 is 1.54 bits per heavy atom. The number of carbonyl (C=O) groups excluding carboxylic acids is 1. The van der Waals surface area contributed by atoms with E-state index in [0.29, 0.717) is 17.9 Å². The number of rotatable bonds is 7. The lowest BCUT2D eigenvalue weighted by atomic mass is 10.2. The Balaban J connectivity index is 1.97. The quantitative estimate of drug-likeness (QED) is 0.817. The molecule has 1 atom stereocenters. The molecule has 24 heavy (non-hydrogen) atoms. The van der Waals surface area contributed by atoms with E-state index in [4.69, 9.17) is 9.47 Å². The van der Waals surface area contributed by atoms with Gasteiger partial charge in [0.25, 0.3) is 5.91 Å². The Morgan fingerprint density at radius 3 is 2.08 bits per heavy atom. The van der Waals surface area contributed by atoms with E-state index in [0.717, 1.165) is 5.75 Å². The second-order valence-corrected chi connectivity index (χ2v) is 5.65. The maximum atomic E-state index is 12.9. The van der Waals surface area contributed by atoms with Gasteiger partial charge < -0.3 is 14.8 Å². The predicted molar refractivity (Wildman–Crippen MR) is 91.9 cm³/mol. The first-order chi connectivity index (χ1) is 11.5. The van der Waals surface area contributed by atoms with Gasteiger partial charge in [-0.05, 0) is 68.8 Å². The highest BCUT2D eigenvalue weighted by molar-refractivity contribution is 5.94. The van der Waals surface area contributed by atoms with Crippen molar-refractivity contribution in [3.63, 3.8) is 0 Å². The number of nitrogens with one attached hydrogen (secondary N) is 1. The third kappa shape index (κ3) is 5.26. The Kier molecular flexibility index (Phi) is 6.18. The zero-order valence-corrected chi connectivity index (χ0v) is 14.1. The molecule has 0 aliphatic carbocycles. The minimum atomic E-state index is -0.651. The molecule has 0 radical (unpaired) electrons. The van der Waals surface area contributed by atoms with Crippen LogP contribution in [-0.4, -0.2) is 18.1 Å². The Hall–Kier alpha value is -2.56. The van der Waals surface area contributed by atoms with Crippen LogP contribution in [0.1, 0.15) is 27.2 Å². The number of hydrogen-bond acceptors (Lipinski definition) is 3. The first-order valence-electron chi connectivity index (χ1n) is 7.97. The average molecular weight is 331 g/mol. The molecule has 2 rings (SSSR count). The Morgan fingerprint density at radius 1 is 1.00 bits per heavy atom. The van der Waals surface area contributed by atoms with Crippen molar-refractivity contribution in [1.29, 1.82) is 0 Å². The maximum Gasteiger partial charge on any atom is 0.265 e. The summed E-state index contributed by atoms with van der Waals surface area (Å²) in [5, 5.41) is 2.81. The van der Waals surface area contributed by atoms with Crippen molar-refractivity contribution in [2.75, 3.05) is 5.32 Å². The minimum absolute atomic E-state index is 0.0963. The van der Waals surface area contributed by atoms with E-state index in [1.807, 2.05) is 20.8 Å². The molecule has 0 saturated carbocycles. The topological polar surface area (TPSA) is 47.6 Å². The molecule has 0 unspecified atom stereocenters. The monoisotopic (exact) mass is 331 g/mol. The van der Waals surface area contributed by atoms with Crippen molar-refractivity contribution < 1.29 is 18.7 Å². The Bertz CT molecular complexity index is 653. The lowest BCUT2D eigenvalue weighted by Gasteiger charge is -2.17. The van der Waals surface area contributed by atoms with E-state index in [9.17, 15) is 9.18 Å². The lowest BCUT2D eigenvalue weighted by Crippen LogP contribution is -2.32. The van der Waals surface area contributed by atoms with Crippen molar-refractivity contribution in [2.45, 2.75) is 39.4 Å². The van der Waals surface area contributed by atoms with E-state index in [1.54, 1.807) is 24.3 Å². The van der Waals surface area contributed by atoms with Crippen molar-refractivity contribution in [2.24, 2.45) is 0 Å². The molecule has 4 nitrogen and oxygen atoms in total. The molecule has 0 spiro atoms. The molecule has 1 amide bonds. The van der Waals surface area contributed by atoms with E-state index in [-0.39, 0.29) is 17.8 Å². The fourth-order valence-corrected chi connectivity index (χ4v) is 2.11. The van der Waals surface area contributed by atoms with Crippen LogP contribution in [0.15, 0.2) is 48.5 Å². The van der Waals surface area contributed by atoms with Gasteiger partial charge in [-0.1, -0.05) is 6.92 Å². The summed E-state index contributed by atoms with van der Waals surface area (Å²) in [4.78, 5) is 12.3. The summed E-state index contributed by atoms with van der Waals surface area (Å²) in [6, 6.07) is 12.8. The van der Waals surface area contributed by atoms with Gasteiger partial charge in [-0.2, -0.15) is 0 Å². The van der Waals surface area contributed by atoms with Crippen molar-refractivity contribution in [3.05, 3.63) is 54.3 Å². The number of halogens is 1. The SMILES string of the molecule is CC[C@@H](Oc1ccc(F)cc1)C(=O)Nc1ccc(OC(C)C)cc1. The molecule has 0 saturated heterocycles. The number of carbonyl (C=O) groups is 1. The summed E-state index contributed by atoms with van der Waals surface area (Å²) in [5.74, 6) is 0.611. The third-order valence-corrected chi connectivity index (χ3v) is 3.25. The summed E-state index contributed by atoms with van der Waals surface area (Å²) in [6.07, 6.45) is -0.0568. The predicted octanol–water partition coefficient (Wildman–Crippen LogP) is 4.41. The number of anilines is 1. The second kappa shape index (κ2) is 8.34. The molecular formula is C19H22FNO3. The van der Waals surface area contributed by atoms with Gasteiger partial charge >= 0.3 is 0 Å². The molecule has 0 aromatic heterocycles. The van der Waals surface area contributed by atoms with Gasteiger partial charge in [0.15, 0.2) is 6.10 Å². The average Bonchev–Trinajstić information content (AvgIpc) is 2.55. The number of amides is 1. The molecule has 0 bridgehead atoms.